The third-order valence-electron chi connectivity index (χ3n) is 4.40. The Bertz CT molecular complexity index is 869. The molecule has 0 saturated heterocycles. The standard InChI is InChI=1S/C21H30N2O4/c1-13(2)7-8-22-20(24)17-12-23(11-14(3)4)21(25)16-10-19(27-6)18(26-5)9-15(16)17/h9-10,12-14H,7-8,11H2,1-6H3,(H,22,24). The van der Waals surface area contributed by atoms with Crippen molar-refractivity contribution in [1.82, 2.24) is 9.88 Å². The summed E-state index contributed by atoms with van der Waals surface area (Å²) in [5.41, 5.74) is 0.327. The van der Waals surface area contributed by atoms with Crippen LogP contribution in [-0.2, 0) is 6.54 Å². The molecule has 0 aliphatic heterocycles. The molecule has 6 heteroatoms. The molecular weight excluding hydrogens is 344 g/mol. The van der Waals surface area contributed by atoms with Gasteiger partial charge in [-0.15, -0.1) is 0 Å². The molecule has 0 bridgehead atoms. The van der Waals surface area contributed by atoms with E-state index >= 15 is 0 Å². The fourth-order valence-corrected chi connectivity index (χ4v) is 3.00. The quantitative estimate of drug-likeness (QED) is 0.768. The summed E-state index contributed by atoms with van der Waals surface area (Å²) in [6, 6.07) is 3.35. The maximum atomic E-state index is 12.9. The Balaban J connectivity index is 2.62. The van der Waals surface area contributed by atoms with Crippen LogP contribution in [0.4, 0.5) is 0 Å². The van der Waals surface area contributed by atoms with E-state index in [4.69, 9.17) is 9.47 Å². The largest absolute Gasteiger partial charge is 0.493 e. The number of carbonyl (C=O) groups is 1. The lowest BCUT2D eigenvalue weighted by molar-refractivity contribution is 0.0952. The predicted molar refractivity (Wildman–Crippen MR) is 108 cm³/mol. The highest BCUT2D eigenvalue weighted by Crippen LogP contribution is 2.32. The number of nitrogens with zero attached hydrogens (tertiary/aromatic N) is 1. The van der Waals surface area contributed by atoms with Gasteiger partial charge in [0.2, 0.25) is 0 Å². The average Bonchev–Trinajstić information content (AvgIpc) is 2.62. The smallest absolute Gasteiger partial charge is 0.258 e. The molecule has 0 unspecified atom stereocenters. The molecule has 27 heavy (non-hydrogen) atoms. The van der Waals surface area contributed by atoms with Gasteiger partial charge in [0.05, 0.1) is 25.2 Å². The van der Waals surface area contributed by atoms with Gasteiger partial charge in [0.1, 0.15) is 0 Å². The molecule has 0 fully saturated rings. The van der Waals surface area contributed by atoms with Crippen molar-refractivity contribution in [3.05, 3.63) is 34.2 Å². The minimum Gasteiger partial charge on any atom is -0.493 e. The number of fused-ring (bicyclic) bond motifs is 1. The van der Waals surface area contributed by atoms with E-state index in [1.165, 1.54) is 14.2 Å². The number of ether oxygens (including phenoxy) is 2. The summed E-state index contributed by atoms with van der Waals surface area (Å²) in [5.74, 6) is 1.54. The minimum absolute atomic E-state index is 0.140. The number of aromatic nitrogens is 1. The van der Waals surface area contributed by atoms with Gasteiger partial charge >= 0.3 is 0 Å². The number of pyridine rings is 1. The molecule has 0 radical (unpaired) electrons. The number of hydrogen-bond acceptors (Lipinski definition) is 4. The summed E-state index contributed by atoms with van der Waals surface area (Å²) in [6.45, 7) is 9.42. The summed E-state index contributed by atoms with van der Waals surface area (Å²) in [5, 5.41) is 3.98. The average molecular weight is 374 g/mol. The number of methoxy groups -OCH3 is 2. The highest BCUT2D eigenvalue weighted by molar-refractivity contribution is 6.07. The van der Waals surface area contributed by atoms with Gasteiger partial charge in [-0.3, -0.25) is 9.59 Å². The zero-order valence-electron chi connectivity index (χ0n) is 17.1. The Morgan fingerprint density at radius 3 is 2.15 bits per heavy atom. The van der Waals surface area contributed by atoms with E-state index in [9.17, 15) is 9.59 Å². The van der Waals surface area contributed by atoms with E-state index in [2.05, 4.69) is 19.2 Å². The monoisotopic (exact) mass is 374 g/mol. The van der Waals surface area contributed by atoms with E-state index in [-0.39, 0.29) is 17.4 Å². The van der Waals surface area contributed by atoms with Crippen molar-refractivity contribution < 1.29 is 14.3 Å². The topological polar surface area (TPSA) is 69.6 Å². The van der Waals surface area contributed by atoms with Crippen LogP contribution >= 0.6 is 0 Å². The summed E-state index contributed by atoms with van der Waals surface area (Å²) >= 11 is 0. The Hall–Kier alpha value is -2.50. The van der Waals surface area contributed by atoms with E-state index in [1.54, 1.807) is 22.9 Å². The Morgan fingerprint density at radius 1 is 1.04 bits per heavy atom. The van der Waals surface area contributed by atoms with Gasteiger partial charge in [-0.1, -0.05) is 27.7 Å². The van der Waals surface area contributed by atoms with Gasteiger partial charge in [-0.2, -0.15) is 0 Å². The molecule has 1 amide bonds. The van der Waals surface area contributed by atoms with Crippen LogP contribution in [0.5, 0.6) is 11.5 Å². The Labute approximate surface area is 160 Å². The number of benzene rings is 1. The molecular formula is C21H30N2O4. The molecule has 2 rings (SSSR count). The van der Waals surface area contributed by atoms with Gasteiger partial charge in [0.25, 0.3) is 11.5 Å². The molecule has 0 saturated carbocycles. The van der Waals surface area contributed by atoms with Crippen LogP contribution < -0.4 is 20.3 Å². The second-order valence-corrected chi connectivity index (χ2v) is 7.59. The van der Waals surface area contributed by atoms with Crippen LogP contribution in [0.15, 0.2) is 23.1 Å². The lowest BCUT2D eigenvalue weighted by Gasteiger charge is -2.16. The number of amides is 1. The van der Waals surface area contributed by atoms with Gasteiger partial charge < -0.3 is 19.4 Å². The second-order valence-electron chi connectivity index (χ2n) is 7.59. The van der Waals surface area contributed by atoms with Crippen LogP contribution in [0, 0.1) is 11.8 Å². The minimum atomic E-state index is -0.189. The summed E-state index contributed by atoms with van der Waals surface area (Å²) in [6.07, 6.45) is 2.55. The first kappa shape index (κ1) is 20.8. The first-order valence-electron chi connectivity index (χ1n) is 9.35. The van der Waals surface area contributed by atoms with Gasteiger partial charge in [0.15, 0.2) is 11.5 Å². The molecule has 0 atom stereocenters. The van der Waals surface area contributed by atoms with E-state index in [0.717, 1.165) is 6.42 Å². The molecule has 1 heterocycles. The highest BCUT2D eigenvalue weighted by atomic mass is 16.5. The Kier molecular flexibility index (Phi) is 6.88. The molecule has 1 aromatic carbocycles. The highest BCUT2D eigenvalue weighted by Gasteiger charge is 2.18. The van der Waals surface area contributed by atoms with Crippen LogP contribution in [0.2, 0.25) is 0 Å². The van der Waals surface area contributed by atoms with Crippen molar-refractivity contribution in [3.63, 3.8) is 0 Å². The summed E-state index contributed by atoms with van der Waals surface area (Å²) in [4.78, 5) is 25.8. The SMILES string of the molecule is COc1cc2c(C(=O)NCCC(C)C)cn(CC(C)C)c(=O)c2cc1OC. The predicted octanol–water partition coefficient (Wildman–Crippen LogP) is 3.45. The summed E-state index contributed by atoms with van der Waals surface area (Å²) in [7, 11) is 3.06. The van der Waals surface area contributed by atoms with Crippen molar-refractivity contribution in [3.8, 4) is 11.5 Å². The van der Waals surface area contributed by atoms with Crippen molar-refractivity contribution in [2.75, 3.05) is 20.8 Å². The molecule has 148 valence electrons. The number of hydrogen-bond donors (Lipinski definition) is 1. The van der Waals surface area contributed by atoms with Crippen molar-refractivity contribution in [2.24, 2.45) is 11.8 Å². The number of carbonyl (C=O) groups excluding carboxylic acids is 1. The normalized spacial score (nSPS) is 11.3. The van der Waals surface area contributed by atoms with Gasteiger partial charge in [-0.05, 0) is 30.4 Å². The molecule has 1 aromatic heterocycles. The van der Waals surface area contributed by atoms with Crippen LogP contribution in [0.25, 0.3) is 10.8 Å². The second kappa shape index (κ2) is 8.93. The Morgan fingerprint density at radius 2 is 1.63 bits per heavy atom. The fourth-order valence-electron chi connectivity index (χ4n) is 3.00. The van der Waals surface area contributed by atoms with Gasteiger partial charge in [-0.25, -0.2) is 0 Å². The first-order valence-corrected chi connectivity index (χ1v) is 9.35. The van der Waals surface area contributed by atoms with E-state index in [0.29, 0.717) is 46.8 Å². The van der Waals surface area contributed by atoms with Crippen LogP contribution in [-0.4, -0.2) is 31.2 Å². The van der Waals surface area contributed by atoms with Gasteiger partial charge in [0, 0.05) is 24.7 Å². The zero-order valence-corrected chi connectivity index (χ0v) is 17.1. The molecule has 1 N–H and O–H groups in total. The number of nitrogens with one attached hydrogen (secondary N) is 1. The third-order valence-corrected chi connectivity index (χ3v) is 4.40. The fraction of sp³-hybridized carbons (Fsp3) is 0.524. The van der Waals surface area contributed by atoms with Crippen molar-refractivity contribution in [1.29, 1.82) is 0 Å². The summed E-state index contributed by atoms with van der Waals surface area (Å²) < 4.78 is 12.3. The van der Waals surface area contributed by atoms with E-state index in [1.807, 2.05) is 13.8 Å². The number of rotatable bonds is 8. The molecule has 0 aliphatic carbocycles. The maximum absolute atomic E-state index is 12.9. The third kappa shape index (κ3) is 4.81. The first-order chi connectivity index (χ1) is 12.8. The van der Waals surface area contributed by atoms with Crippen LogP contribution in [0.3, 0.4) is 0 Å². The molecule has 0 spiro atoms. The molecule has 0 aliphatic rings. The lowest BCUT2D eigenvalue weighted by atomic mass is 10.0. The zero-order chi connectivity index (χ0) is 20.1. The molecule has 6 nitrogen and oxygen atoms in total. The molecule has 2 aromatic rings. The van der Waals surface area contributed by atoms with Crippen molar-refractivity contribution >= 4 is 16.7 Å². The maximum Gasteiger partial charge on any atom is 0.258 e. The van der Waals surface area contributed by atoms with Crippen molar-refractivity contribution in [2.45, 2.75) is 40.7 Å². The van der Waals surface area contributed by atoms with E-state index < -0.39 is 0 Å². The lowest BCUT2D eigenvalue weighted by Crippen LogP contribution is -2.29. The van der Waals surface area contributed by atoms with Crippen LogP contribution in [0.1, 0.15) is 44.5 Å².